The zero-order valence-electron chi connectivity index (χ0n) is 17.1. The molecule has 1 unspecified atom stereocenters. The van der Waals surface area contributed by atoms with Crippen LogP contribution in [0.1, 0.15) is 23.6 Å². The molecule has 6 heteroatoms. The van der Waals surface area contributed by atoms with Crippen molar-refractivity contribution in [2.45, 2.75) is 18.9 Å². The molecule has 1 aliphatic heterocycles. The van der Waals surface area contributed by atoms with Crippen LogP contribution in [0, 0.1) is 0 Å². The standard InChI is InChI=1S/C24H25N3O3/c1-29-19-10-6-9-18(15-19)25-24(28)27-23(14-11-17-7-4-3-5-8-17)21-16-20(30-2)12-13-22(21)26-27/h3-10,12-13,15-16,23,26H,11,14H2,1-2H3,(H,25,28). The topological polar surface area (TPSA) is 62.8 Å². The summed E-state index contributed by atoms with van der Waals surface area (Å²) >= 11 is 0. The number of hydrogen-bond acceptors (Lipinski definition) is 4. The van der Waals surface area contributed by atoms with E-state index in [4.69, 9.17) is 9.47 Å². The molecule has 0 bridgehead atoms. The van der Waals surface area contributed by atoms with Gasteiger partial charge in [-0.3, -0.25) is 5.43 Å². The number of methoxy groups -OCH3 is 2. The van der Waals surface area contributed by atoms with E-state index in [0.29, 0.717) is 11.4 Å². The highest BCUT2D eigenvalue weighted by Gasteiger charge is 2.34. The fourth-order valence-corrected chi connectivity index (χ4v) is 3.70. The second-order valence-electron chi connectivity index (χ2n) is 7.14. The number of urea groups is 1. The van der Waals surface area contributed by atoms with Crippen LogP contribution in [0.25, 0.3) is 0 Å². The molecule has 4 rings (SSSR count). The second kappa shape index (κ2) is 8.78. The molecule has 1 atom stereocenters. The molecule has 0 radical (unpaired) electrons. The molecule has 0 fully saturated rings. The maximum Gasteiger partial charge on any atom is 0.341 e. The van der Waals surface area contributed by atoms with Crippen molar-refractivity contribution in [3.05, 3.63) is 83.9 Å². The molecule has 30 heavy (non-hydrogen) atoms. The Bertz CT molecular complexity index is 1020. The largest absolute Gasteiger partial charge is 0.497 e. The van der Waals surface area contributed by atoms with Gasteiger partial charge in [0.2, 0.25) is 0 Å². The van der Waals surface area contributed by atoms with Gasteiger partial charge in [-0.05, 0) is 48.7 Å². The quantitative estimate of drug-likeness (QED) is 0.590. The fourth-order valence-electron chi connectivity index (χ4n) is 3.70. The molecule has 1 aliphatic rings. The van der Waals surface area contributed by atoms with Gasteiger partial charge < -0.3 is 14.8 Å². The number of anilines is 2. The number of rotatable bonds is 6. The number of fused-ring (bicyclic) bond motifs is 1. The minimum absolute atomic E-state index is 0.124. The van der Waals surface area contributed by atoms with Crippen molar-refractivity contribution in [3.63, 3.8) is 0 Å². The van der Waals surface area contributed by atoms with E-state index in [0.717, 1.165) is 29.8 Å². The van der Waals surface area contributed by atoms with E-state index in [-0.39, 0.29) is 12.1 Å². The zero-order valence-corrected chi connectivity index (χ0v) is 17.1. The molecular formula is C24H25N3O3. The predicted molar refractivity (Wildman–Crippen MR) is 118 cm³/mol. The molecule has 1 heterocycles. The van der Waals surface area contributed by atoms with E-state index in [2.05, 4.69) is 22.9 Å². The highest BCUT2D eigenvalue weighted by molar-refractivity contribution is 5.91. The van der Waals surface area contributed by atoms with E-state index >= 15 is 0 Å². The van der Waals surface area contributed by atoms with E-state index in [1.54, 1.807) is 25.3 Å². The number of carbonyl (C=O) groups is 1. The Morgan fingerprint density at radius 2 is 1.73 bits per heavy atom. The average molecular weight is 403 g/mol. The van der Waals surface area contributed by atoms with Gasteiger partial charge in [-0.1, -0.05) is 36.4 Å². The second-order valence-corrected chi connectivity index (χ2v) is 7.14. The number of hydrogen-bond donors (Lipinski definition) is 2. The molecule has 0 aromatic heterocycles. The lowest BCUT2D eigenvalue weighted by atomic mass is 9.98. The molecule has 2 amide bonds. The number of aryl methyl sites for hydroxylation is 1. The first kappa shape index (κ1) is 19.6. The predicted octanol–water partition coefficient (Wildman–Crippen LogP) is 5.25. The Kier molecular flexibility index (Phi) is 5.75. The maximum absolute atomic E-state index is 13.1. The van der Waals surface area contributed by atoms with Gasteiger partial charge in [0.15, 0.2) is 0 Å². The van der Waals surface area contributed by atoms with Crippen LogP contribution in [0.5, 0.6) is 11.5 Å². The monoisotopic (exact) mass is 403 g/mol. The number of amides is 2. The average Bonchev–Trinajstić information content (AvgIpc) is 3.16. The Morgan fingerprint density at radius 3 is 2.50 bits per heavy atom. The van der Waals surface area contributed by atoms with Crippen LogP contribution in [0.15, 0.2) is 72.8 Å². The number of hydrazine groups is 1. The lowest BCUT2D eigenvalue weighted by molar-refractivity contribution is 0.206. The number of carbonyl (C=O) groups excluding carboxylic acids is 1. The van der Waals surface area contributed by atoms with Crippen LogP contribution in [0.4, 0.5) is 16.2 Å². The van der Waals surface area contributed by atoms with Crippen molar-refractivity contribution >= 4 is 17.4 Å². The molecule has 3 aromatic carbocycles. The summed E-state index contributed by atoms with van der Waals surface area (Å²) in [7, 11) is 3.25. The normalized spacial score (nSPS) is 14.6. The first-order valence-electron chi connectivity index (χ1n) is 9.90. The number of nitrogens with zero attached hydrogens (tertiary/aromatic N) is 1. The van der Waals surface area contributed by atoms with Gasteiger partial charge in [-0.2, -0.15) is 0 Å². The minimum atomic E-state index is -0.225. The van der Waals surface area contributed by atoms with Crippen molar-refractivity contribution in [2.24, 2.45) is 0 Å². The molecule has 154 valence electrons. The van der Waals surface area contributed by atoms with E-state index in [1.807, 2.05) is 54.6 Å². The summed E-state index contributed by atoms with van der Waals surface area (Å²) in [5, 5.41) is 4.62. The zero-order chi connectivity index (χ0) is 20.9. The first-order valence-corrected chi connectivity index (χ1v) is 9.90. The molecule has 0 saturated heterocycles. The highest BCUT2D eigenvalue weighted by Crippen LogP contribution is 2.40. The van der Waals surface area contributed by atoms with E-state index in [9.17, 15) is 4.79 Å². The van der Waals surface area contributed by atoms with Gasteiger partial charge >= 0.3 is 6.03 Å². The molecular weight excluding hydrogens is 378 g/mol. The first-order chi connectivity index (χ1) is 14.7. The van der Waals surface area contributed by atoms with Gasteiger partial charge in [0, 0.05) is 17.3 Å². The highest BCUT2D eigenvalue weighted by atomic mass is 16.5. The van der Waals surface area contributed by atoms with Gasteiger partial charge in [0.1, 0.15) is 11.5 Å². The number of nitrogens with one attached hydrogen (secondary N) is 2. The molecule has 3 aromatic rings. The summed E-state index contributed by atoms with van der Waals surface area (Å²) in [4.78, 5) is 13.1. The smallest absolute Gasteiger partial charge is 0.341 e. The van der Waals surface area contributed by atoms with E-state index in [1.165, 1.54) is 5.56 Å². The van der Waals surface area contributed by atoms with Crippen molar-refractivity contribution in [2.75, 3.05) is 25.0 Å². The third-order valence-corrected chi connectivity index (χ3v) is 5.26. The van der Waals surface area contributed by atoms with Crippen molar-refractivity contribution in [3.8, 4) is 11.5 Å². The summed E-state index contributed by atoms with van der Waals surface area (Å²) in [5.74, 6) is 1.46. The van der Waals surface area contributed by atoms with Crippen LogP contribution in [-0.4, -0.2) is 25.3 Å². The lowest BCUT2D eigenvalue weighted by Gasteiger charge is -2.25. The lowest BCUT2D eigenvalue weighted by Crippen LogP contribution is -2.38. The van der Waals surface area contributed by atoms with Crippen molar-refractivity contribution in [1.82, 2.24) is 5.01 Å². The Labute approximate surface area is 176 Å². The fraction of sp³-hybridized carbons (Fsp3) is 0.208. The third-order valence-electron chi connectivity index (χ3n) is 5.26. The van der Waals surface area contributed by atoms with E-state index < -0.39 is 0 Å². The maximum atomic E-state index is 13.1. The van der Waals surface area contributed by atoms with Gasteiger partial charge in [-0.15, -0.1) is 0 Å². The Balaban J connectivity index is 1.57. The molecule has 2 N–H and O–H groups in total. The molecule has 0 spiro atoms. The summed E-state index contributed by atoms with van der Waals surface area (Å²) in [6.45, 7) is 0. The molecule has 6 nitrogen and oxygen atoms in total. The van der Waals surface area contributed by atoms with Crippen molar-refractivity contribution in [1.29, 1.82) is 0 Å². The van der Waals surface area contributed by atoms with Gasteiger partial charge in [-0.25, -0.2) is 9.80 Å². The third kappa shape index (κ3) is 4.17. The summed E-state index contributed by atoms with van der Waals surface area (Å²) in [6.07, 6.45) is 1.63. The van der Waals surface area contributed by atoms with Crippen LogP contribution in [0.3, 0.4) is 0 Å². The van der Waals surface area contributed by atoms with Gasteiger partial charge in [0.25, 0.3) is 0 Å². The Hall–Kier alpha value is -3.67. The van der Waals surface area contributed by atoms with Crippen LogP contribution in [-0.2, 0) is 6.42 Å². The Morgan fingerprint density at radius 1 is 0.967 bits per heavy atom. The molecule has 0 aliphatic carbocycles. The number of ether oxygens (including phenoxy) is 2. The summed E-state index contributed by atoms with van der Waals surface area (Å²) in [6, 6.07) is 23.1. The summed E-state index contributed by atoms with van der Waals surface area (Å²) < 4.78 is 10.7. The summed E-state index contributed by atoms with van der Waals surface area (Å²) in [5.41, 5.74) is 7.13. The van der Waals surface area contributed by atoms with Gasteiger partial charge in [0.05, 0.1) is 25.9 Å². The number of benzene rings is 3. The van der Waals surface area contributed by atoms with Crippen molar-refractivity contribution < 1.29 is 14.3 Å². The SMILES string of the molecule is COc1cccc(NC(=O)N2Nc3ccc(OC)cc3C2CCc2ccccc2)c1. The van der Waals surface area contributed by atoms with Crippen LogP contribution < -0.4 is 20.2 Å². The molecule has 0 saturated carbocycles. The van der Waals surface area contributed by atoms with Crippen LogP contribution >= 0.6 is 0 Å². The minimum Gasteiger partial charge on any atom is -0.497 e. The van der Waals surface area contributed by atoms with Crippen LogP contribution in [0.2, 0.25) is 0 Å².